The van der Waals surface area contributed by atoms with Crippen molar-refractivity contribution in [2.45, 2.75) is 43.4 Å². The van der Waals surface area contributed by atoms with Crippen LogP contribution >= 0.6 is 46.4 Å². The van der Waals surface area contributed by atoms with Crippen molar-refractivity contribution in [3.63, 3.8) is 0 Å². The van der Waals surface area contributed by atoms with E-state index in [-0.39, 0.29) is 16.2 Å². The Morgan fingerprint density at radius 3 is 2.13 bits per heavy atom. The molecule has 1 amide bonds. The lowest BCUT2D eigenvalue weighted by Gasteiger charge is -2.59. The number of hydrogen-bond donors (Lipinski definition) is 1. The highest BCUT2D eigenvalue weighted by molar-refractivity contribution is 6.42. The standard InChI is InChI=1S/C17H17Cl4NO/c18-11-2-12(19)14(13(20)3-11)22-15(23)16-4-9-1-10(5-16)7-17(21,6-9)8-16/h2-3,9-10H,1,4-8H2,(H,22,23)/t9-,10+,16?,17?. The summed E-state index contributed by atoms with van der Waals surface area (Å²) < 4.78 is 0. The van der Waals surface area contributed by atoms with Crippen molar-refractivity contribution in [3.05, 3.63) is 27.2 Å². The molecule has 5 rings (SSSR count). The zero-order valence-corrected chi connectivity index (χ0v) is 15.5. The highest BCUT2D eigenvalue weighted by Gasteiger charge is 2.60. The first-order chi connectivity index (χ1) is 10.8. The fourth-order valence-electron chi connectivity index (χ4n) is 5.32. The normalized spacial score (nSPS) is 37.9. The van der Waals surface area contributed by atoms with E-state index in [1.807, 2.05) is 0 Å². The van der Waals surface area contributed by atoms with E-state index in [9.17, 15) is 4.79 Å². The molecule has 0 heterocycles. The van der Waals surface area contributed by atoms with Gasteiger partial charge in [0.15, 0.2) is 0 Å². The lowest BCUT2D eigenvalue weighted by Crippen LogP contribution is -2.57. The molecule has 1 N–H and O–H groups in total. The largest absolute Gasteiger partial charge is 0.323 e. The third-order valence-corrected chi connectivity index (χ3v) is 6.97. The summed E-state index contributed by atoms with van der Waals surface area (Å²) >= 11 is 25.1. The Balaban J connectivity index is 1.63. The van der Waals surface area contributed by atoms with E-state index in [4.69, 9.17) is 46.4 Å². The van der Waals surface area contributed by atoms with Crippen molar-refractivity contribution in [2.24, 2.45) is 17.3 Å². The van der Waals surface area contributed by atoms with E-state index in [0.717, 1.165) is 32.1 Å². The van der Waals surface area contributed by atoms with E-state index in [2.05, 4.69) is 5.32 Å². The third-order valence-electron chi connectivity index (χ3n) is 5.72. The van der Waals surface area contributed by atoms with Gasteiger partial charge in [-0.25, -0.2) is 0 Å². The van der Waals surface area contributed by atoms with Crippen molar-refractivity contribution in [2.75, 3.05) is 5.32 Å². The summed E-state index contributed by atoms with van der Waals surface area (Å²) in [7, 11) is 0. The highest BCUT2D eigenvalue weighted by atomic mass is 35.5. The van der Waals surface area contributed by atoms with Gasteiger partial charge in [-0.05, 0) is 62.5 Å². The van der Waals surface area contributed by atoms with Gasteiger partial charge in [0.05, 0.1) is 21.1 Å². The van der Waals surface area contributed by atoms with E-state index in [0.29, 0.717) is 32.6 Å². The Bertz CT molecular complexity index is 652. The maximum atomic E-state index is 13.1. The number of carbonyl (C=O) groups is 1. The molecule has 2 unspecified atom stereocenters. The van der Waals surface area contributed by atoms with Gasteiger partial charge in [0.25, 0.3) is 0 Å². The summed E-state index contributed by atoms with van der Waals surface area (Å²) in [5, 5.41) is 4.14. The molecule has 6 heteroatoms. The number of hydrogen-bond acceptors (Lipinski definition) is 1. The first-order valence-electron chi connectivity index (χ1n) is 7.94. The lowest BCUT2D eigenvalue weighted by atomic mass is 9.49. The van der Waals surface area contributed by atoms with E-state index >= 15 is 0 Å². The van der Waals surface area contributed by atoms with Crippen molar-refractivity contribution in [3.8, 4) is 0 Å². The van der Waals surface area contributed by atoms with Crippen LogP contribution in [0.4, 0.5) is 5.69 Å². The molecule has 0 aromatic heterocycles. The molecule has 0 aliphatic heterocycles. The second-order valence-electron chi connectivity index (χ2n) is 7.59. The minimum Gasteiger partial charge on any atom is -0.323 e. The fourth-order valence-corrected chi connectivity index (χ4v) is 6.93. The molecule has 4 fully saturated rings. The van der Waals surface area contributed by atoms with Crippen LogP contribution in [0.5, 0.6) is 0 Å². The Kier molecular flexibility index (Phi) is 3.85. The SMILES string of the molecule is O=C(Nc1c(Cl)cc(Cl)cc1Cl)C12C[C@@H]3C[C@@H](CC(Cl)(C3)C1)C2. The quantitative estimate of drug-likeness (QED) is 0.599. The van der Waals surface area contributed by atoms with Crippen LogP contribution in [0.25, 0.3) is 0 Å². The van der Waals surface area contributed by atoms with Crippen LogP contribution in [0, 0.1) is 17.3 Å². The van der Waals surface area contributed by atoms with Crippen LogP contribution in [0.15, 0.2) is 12.1 Å². The van der Waals surface area contributed by atoms with Crippen molar-refractivity contribution in [1.29, 1.82) is 0 Å². The first kappa shape index (κ1) is 16.3. The predicted octanol–water partition coefficient (Wildman–Crippen LogP) is 6.16. The van der Waals surface area contributed by atoms with Crippen LogP contribution in [-0.2, 0) is 4.79 Å². The molecule has 4 bridgehead atoms. The average molecular weight is 393 g/mol. The number of benzene rings is 1. The molecule has 1 aromatic carbocycles. The molecule has 2 nitrogen and oxygen atoms in total. The Hall–Kier alpha value is -0.150. The molecule has 23 heavy (non-hydrogen) atoms. The van der Waals surface area contributed by atoms with Gasteiger partial charge in [-0.15, -0.1) is 11.6 Å². The zero-order valence-electron chi connectivity index (χ0n) is 12.5. The number of anilines is 1. The summed E-state index contributed by atoms with van der Waals surface area (Å²) in [6.07, 6.45) is 5.90. The Morgan fingerprint density at radius 2 is 1.61 bits per heavy atom. The van der Waals surface area contributed by atoms with Crippen molar-refractivity contribution < 1.29 is 4.79 Å². The monoisotopic (exact) mass is 391 g/mol. The van der Waals surface area contributed by atoms with Crippen LogP contribution in [0.1, 0.15) is 38.5 Å². The van der Waals surface area contributed by atoms with Gasteiger partial charge < -0.3 is 5.32 Å². The summed E-state index contributed by atoms with van der Waals surface area (Å²) in [5.41, 5.74) is 0.0695. The summed E-state index contributed by atoms with van der Waals surface area (Å²) in [6, 6.07) is 3.18. The number of alkyl halides is 1. The second kappa shape index (κ2) is 5.42. The summed E-state index contributed by atoms with van der Waals surface area (Å²) in [6.45, 7) is 0. The first-order valence-corrected chi connectivity index (χ1v) is 9.45. The number of rotatable bonds is 2. The second-order valence-corrected chi connectivity index (χ2v) is 9.64. The average Bonchev–Trinajstić information content (AvgIpc) is 2.39. The molecule has 4 atom stereocenters. The molecule has 0 spiro atoms. The molecule has 4 aliphatic carbocycles. The number of halogens is 4. The fraction of sp³-hybridized carbons (Fsp3) is 0.588. The molecule has 0 radical (unpaired) electrons. The molecule has 124 valence electrons. The van der Waals surface area contributed by atoms with Gasteiger partial charge in [-0.3, -0.25) is 4.79 Å². The zero-order chi connectivity index (χ0) is 16.4. The Morgan fingerprint density at radius 1 is 1.04 bits per heavy atom. The molecule has 4 aliphatic rings. The van der Waals surface area contributed by atoms with Gasteiger partial charge in [0.1, 0.15) is 0 Å². The molecule has 4 saturated carbocycles. The molecule has 0 saturated heterocycles. The summed E-state index contributed by atoms with van der Waals surface area (Å²) in [4.78, 5) is 12.9. The minimum atomic E-state index is -0.377. The van der Waals surface area contributed by atoms with Gasteiger partial charge in [0, 0.05) is 9.90 Å². The number of nitrogens with one attached hydrogen (secondary N) is 1. The smallest absolute Gasteiger partial charge is 0.230 e. The predicted molar refractivity (Wildman–Crippen MR) is 95.8 cm³/mol. The minimum absolute atomic E-state index is 0.00254. The highest BCUT2D eigenvalue weighted by Crippen LogP contribution is 2.64. The third kappa shape index (κ3) is 2.76. The van der Waals surface area contributed by atoms with E-state index < -0.39 is 0 Å². The molecular formula is C17H17Cl4NO. The van der Waals surface area contributed by atoms with Crippen LogP contribution < -0.4 is 5.32 Å². The lowest BCUT2D eigenvalue weighted by molar-refractivity contribution is -0.138. The van der Waals surface area contributed by atoms with Crippen molar-refractivity contribution >= 4 is 58.0 Å². The van der Waals surface area contributed by atoms with Crippen LogP contribution in [-0.4, -0.2) is 10.8 Å². The van der Waals surface area contributed by atoms with Gasteiger partial charge in [0.2, 0.25) is 5.91 Å². The van der Waals surface area contributed by atoms with Crippen LogP contribution in [0.2, 0.25) is 15.1 Å². The molecular weight excluding hydrogens is 376 g/mol. The van der Waals surface area contributed by atoms with Gasteiger partial charge >= 0.3 is 0 Å². The Labute approximate surface area is 155 Å². The topological polar surface area (TPSA) is 29.1 Å². The van der Waals surface area contributed by atoms with Gasteiger partial charge in [-0.1, -0.05) is 34.8 Å². The molecule has 1 aromatic rings. The van der Waals surface area contributed by atoms with E-state index in [1.165, 1.54) is 6.42 Å². The summed E-state index contributed by atoms with van der Waals surface area (Å²) in [5.74, 6) is 1.13. The number of carbonyl (C=O) groups excluding carboxylic acids is 1. The van der Waals surface area contributed by atoms with Gasteiger partial charge in [-0.2, -0.15) is 0 Å². The maximum Gasteiger partial charge on any atom is 0.230 e. The van der Waals surface area contributed by atoms with E-state index in [1.54, 1.807) is 12.1 Å². The maximum absolute atomic E-state index is 13.1. The number of amides is 1. The van der Waals surface area contributed by atoms with Crippen LogP contribution in [0.3, 0.4) is 0 Å². The van der Waals surface area contributed by atoms with Crippen molar-refractivity contribution in [1.82, 2.24) is 0 Å².